The van der Waals surface area contributed by atoms with Gasteiger partial charge in [-0.2, -0.15) is 5.10 Å². The van der Waals surface area contributed by atoms with Crippen molar-refractivity contribution < 1.29 is 0 Å². The molecule has 0 bridgehead atoms. The largest absolute Gasteiger partial charge is 0.379 e. The number of aryl methyl sites for hydroxylation is 1. The van der Waals surface area contributed by atoms with Crippen LogP contribution < -0.4 is 10.9 Å². The van der Waals surface area contributed by atoms with Crippen LogP contribution in [0.4, 0.5) is 5.69 Å². The maximum atomic E-state index is 11.8. The highest BCUT2D eigenvalue weighted by molar-refractivity contribution is 9.10. The molecule has 0 atom stereocenters. The average molecular weight is 284 g/mol. The molecule has 1 heterocycles. The molecule has 1 aromatic rings. The molecule has 0 spiro atoms. The van der Waals surface area contributed by atoms with E-state index in [-0.39, 0.29) is 5.56 Å². The zero-order valence-electron chi connectivity index (χ0n) is 9.11. The van der Waals surface area contributed by atoms with E-state index in [4.69, 9.17) is 0 Å². The highest BCUT2D eigenvalue weighted by atomic mass is 79.9. The van der Waals surface area contributed by atoms with E-state index in [1.54, 1.807) is 6.20 Å². The summed E-state index contributed by atoms with van der Waals surface area (Å²) in [5, 5.41) is 7.41. The number of hydrogen-bond acceptors (Lipinski definition) is 3. The molecule has 5 heteroatoms. The molecule has 0 amide bonds. The first-order chi connectivity index (χ1) is 7.72. The molecule has 0 unspecified atom stereocenters. The quantitative estimate of drug-likeness (QED) is 0.865. The Balaban J connectivity index is 2.22. The first-order valence-electron chi connectivity index (χ1n) is 5.39. The molecule has 0 radical (unpaired) electrons. The summed E-state index contributed by atoms with van der Waals surface area (Å²) < 4.78 is 2.00. The van der Waals surface area contributed by atoms with Crippen molar-refractivity contribution in [2.24, 2.45) is 0 Å². The van der Waals surface area contributed by atoms with Crippen LogP contribution in [0, 0.1) is 0 Å². The number of aromatic nitrogens is 2. The molecular weight excluding hydrogens is 270 g/mol. The second-order valence-corrected chi connectivity index (χ2v) is 4.57. The van der Waals surface area contributed by atoms with E-state index in [1.165, 1.54) is 4.68 Å². The molecule has 0 aromatic carbocycles. The molecular formula is C11H14BrN3O. The maximum Gasteiger partial charge on any atom is 0.283 e. The summed E-state index contributed by atoms with van der Waals surface area (Å²) in [6.45, 7) is 2.48. The van der Waals surface area contributed by atoms with Crippen LogP contribution in [0.5, 0.6) is 0 Å². The molecule has 16 heavy (non-hydrogen) atoms. The van der Waals surface area contributed by atoms with Gasteiger partial charge in [-0.3, -0.25) is 4.79 Å². The highest BCUT2D eigenvalue weighted by Gasteiger charge is 2.13. The Morgan fingerprint density at radius 3 is 2.88 bits per heavy atom. The fraction of sp³-hybridized carbons (Fsp3) is 0.455. The van der Waals surface area contributed by atoms with E-state index in [0.29, 0.717) is 17.1 Å². The normalized spacial score (nSPS) is 15.6. The fourth-order valence-electron chi connectivity index (χ4n) is 1.75. The van der Waals surface area contributed by atoms with Crippen LogP contribution in [0.2, 0.25) is 0 Å². The van der Waals surface area contributed by atoms with Crippen LogP contribution in [0.25, 0.3) is 0 Å². The van der Waals surface area contributed by atoms with Gasteiger partial charge in [0.25, 0.3) is 5.56 Å². The van der Waals surface area contributed by atoms with Crippen LogP contribution in [-0.4, -0.2) is 15.8 Å². The van der Waals surface area contributed by atoms with Gasteiger partial charge in [-0.25, -0.2) is 4.68 Å². The summed E-state index contributed by atoms with van der Waals surface area (Å²) in [6, 6.07) is 0.384. The Morgan fingerprint density at radius 1 is 1.56 bits per heavy atom. The van der Waals surface area contributed by atoms with Crippen molar-refractivity contribution in [3.8, 4) is 0 Å². The molecule has 4 nitrogen and oxygen atoms in total. The number of nitrogens with one attached hydrogen (secondary N) is 1. The third-order valence-corrected chi connectivity index (χ3v) is 3.42. The number of halogens is 1. The van der Waals surface area contributed by atoms with Gasteiger partial charge in [0.2, 0.25) is 0 Å². The Labute approximate surface area is 102 Å². The monoisotopic (exact) mass is 283 g/mol. The van der Waals surface area contributed by atoms with Crippen LogP contribution >= 0.6 is 15.9 Å². The minimum absolute atomic E-state index is 0.0848. The van der Waals surface area contributed by atoms with Crippen LogP contribution in [0.3, 0.4) is 0 Å². The van der Waals surface area contributed by atoms with E-state index >= 15 is 0 Å². The van der Waals surface area contributed by atoms with Gasteiger partial charge in [0.15, 0.2) is 0 Å². The summed E-state index contributed by atoms with van der Waals surface area (Å²) in [4.78, 5) is 11.8. The molecule has 1 aliphatic carbocycles. The molecule has 1 aliphatic rings. The number of nitrogens with zero attached hydrogens (tertiary/aromatic N) is 2. The molecule has 0 saturated carbocycles. The van der Waals surface area contributed by atoms with Gasteiger partial charge in [0, 0.05) is 12.6 Å². The zero-order chi connectivity index (χ0) is 11.5. The van der Waals surface area contributed by atoms with E-state index < -0.39 is 0 Å². The summed E-state index contributed by atoms with van der Waals surface area (Å²) in [5.74, 6) is 0. The van der Waals surface area contributed by atoms with Crippen molar-refractivity contribution in [3.05, 3.63) is 33.2 Å². The summed E-state index contributed by atoms with van der Waals surface area (Å²) in [5.41, 5.74) is 0.696. The fourth-order valence-corrected chi connectivity index (χ4v) is 2.17. The molecule has 0 aliphatic heterocycles. The number of hydrogen-bond donors (Lipinski definition) is 1. The summed E-state index contributed by atoms with van der Waals surface area (Å²) in [7, 11) is 0. The first kappa shape index (κ1) is 11.4. The number of rotatable bonds is 3. The molecule has 2 rings (SSSR count). The molecule has 86 valence electrons. The van der Waals surface area contributed by atoms with Gasteiger partial charge in [0.1, 0.15) is 4.47 Å². The molecule has 1 N–H and O–H groups in total. The van der Waals surface area contributed by atoms with Crippen LogP contribution in [-0.2, 0) is 6.54 Å². The van der Waals surface area contributed by atoms with E-state index in [9.17, 15) is 4.79 Å². The van der Waals surface area contributed by atoms with Crippen LogP contribution in [0.15, 0.2) is 27.6 Å². The van der Waals surface area contributed by atoms with Gasteiger partial charge in [0.05, 0.1) is 11.9 Å². The van der Waals surface area contributed by atoms with E-state index in [2.05, 4.69) is 38.5 Å². The lowest BCUT2D eigenvalue weighted by Crippen LogP contribution is -2.25. The van der Waals surface area contributed by atoms with Crippen molar-refractivity contribution in [1.82, 2.24) is 9.78 Å². The summed E-state index contributed by atoms with van der Waals surface area (Å²) in [6.07, 6.45) is 8.00. The van der Waals surface area contributed by atoms with Crippen molar-refractivity contribution >= 4 is 21.6 Å². The Hall–Kier alpha value is -1.10. The van der Waals surface area contributed by atoms with E-state index in [0.717, 1.165) is 18.5 Å². The van der Waals surface area contributed by atoms with Crippen molar-refractivity contribution in [1.29, 1.82) is 0 Å². The predicted molar refractivity (Wildman–Crippen MR) is 67.7 cm³/mol. The smallest absolute Gasteiger partial charge is 0.283 e. The van der Waals surface area contributed by atoms with Crippen LogP contribution in [0.1, 0.15) is 19.8 Å². The minimum Gasteiger partial charge on any atom is -0.379 e. The van der Waals surface area contributed by atoms with Crippen molar-refractivity contribution in [2.45, 2.75) is 32.4 Å². The van der Waals surface area contributed by atoms with Gasteiger partial charge >= 0.3 is 0 Å². The van der Waals surface area contributed by atoms with Gasteiger partial charge in [-0.15, -0.1) is 0 Å². The van der Waals surface area contributed by atoms with Crippen molar-refractivity contribution in [3.63, 3.8) is 0 Å². The van der Waals surface area contributed by atoms with Gasteiger partial charge < -0.3 is 5.32 Å². The predicted octanol–water partition coefficient (Wildman–Crippen LogP) is 2.16. The average Bonchev–Trinajstić information content (AvgIpc) is 2.78. The minimum atomic E-state index is -0.0848. The third-order valence-electron chi connectivity index (χ3n) is 2.65. The van der Waals surface area contributed by atoms with E-state index in [1.807, 2.05) is 6.92 Å². The maximum absolute atomic E-state index is 11.8. The highest BCUT2D eigenvalue weighted by Crippen LogP contribution is 2.21. The molecule has 0 fully saturated rings. The van der Waals surface area contributed by atoms with Gasteiger partial charge in [-0.1, -0.05) is 12.2 Å². The topological polar surface area (TPSA) is 46.9 Å². The lowest BCUT2D eigenvalue weighted by molar-refractivity contribution is 0.611. The van der Waals surface area contributed by atoms with Gasteiger partial charge in [-0.05, 0) is 35.7 Å². The zero-order valence-corrected chi connectivity index (χ0v) is 10.7. The molecule has 0 saturated heterocycles. The Bertz CT molecular complexity index is 459. The van der Waals surface area contributed by atoms with Crippen molar-refractivity contribution in [2.75, 3.05) is 5.32 Å². The Kier molecular flexibility index (Phi) is 3.43. The SMILES string of the molecule is CCn1ncc(NC2CC=CC2)c(Br)c1=O. The molecule has 1 aromatic heterocycles. The lowest BCUT2D eigenvalue weighted by atomic mass is 10.2. The third kappa shape index (κ3) is 2.19. The summed E-state index contributed by atoms with van der Waals surface area (Å²) >= 11 is 3.32. The second-order valence-electron chi connectivity index (χ2n) is 3.78. The second kappa shape index (κ2) is 4.82. The lowest BCUT2D eigenvalue weighted by Gasteiger charge is -2.14. The first-order valence-corrected chi connectivity index (χ1v) is 6.18. The number of anilines is 1. The Morgan fingerprint density at radius 2 is 2.25 bits per heavy atom. The standard InChI is InChI=1S/C11H14BrN3O/c1-2-15-11(16)10(12)9(7-13-15)14-8-5-3-4-6-8/h3-4,7-8,14H,2,5-6H2,1H3.